The van der Waals surface area contributed by atoms with E-state index in [1.54, 1.807) is 36.5 Å². The molecule has 2 amide bonds. The summed E-state index contributed by atoms with van der Waals surface area (Å²) in [5, 5.41) is 6.62. The number of anilines is 2. The van der Waals surface area contributed by atoms with E-state index in [1.165, 1.54) is 11.8 Å². The number of carbonyl (C=O) groups excluding carboxylic acids is 2. The van der Waals surface area contributed by atoms with Crippen LogP contribution in [0.4, 0.5) is 11.4 Å². The van der Waals surface area contributed by atoms with Crippen LogP contribution in [0.2, 0.25) is 0 Å². The van der Waals surface area contributed by atoms with Crippen molar-refractivity contribution < 1.29 is 9.59 Å². The number of hydrogen-bond donors (Lipinski definition) is 2. The number of nitrogens with one attached hydrogen (secondary N) is 2. The number of aromatic nitrogens is 1. The van der Waals surface area contributed by atoms with Crippen LogP contribution in [0.1, 0.15) is 23.2 Å². The maximum Gasteiger partial charge on any atom is 0.256 e. The van der Waals surface area contributed by atoms with Crippen molar-refractivity contribution in [2.75, 3.05) is 10.6 Å². The number of halogens is 1. The summed E-state index contributed by atoms with van der Waals surface area (Å²) < 4.78 is 0.907. The Bertz CT molecular complexity index is 1030. The van der Waals surface area contributed by atoms with Crippen LogP contribution in [0.3, 0.4) is 0 Å². The summed E-state index contributed by atoms with van der Waals surface area (Å²) in [7, 11) is 0. The second-order valence-electron chi connectivity index (χ2n) is 6.71. The quantitative estimate of drug-likeness (QED) is 0.495. The molecule has 1 aliphatic rings. The Kier molecular flexibility index (Phi) is 5.97. The van der Waals surface area contributed by atoms with Crippen molar-refractivity contribution >= 4 is 50.9 Å². The molecule has 0 saturated heterocycles. The number of rotatable bonds is 6. The zero-order valence-corrected chi connectivity index (χ0v) is 17.8. The Morgan fingerprint density at radius 2 is 1.62 bits per heavy atom. The van der Waals surface area contributed by atoms with Crippen molar-refractivity contribution in [1.29, 1.82) is 0 Å². The van der Waals surface area contributed by atoms with Gasteiger partial charge in [-0.05, 0) is 77.3 Å². The summed E-state index contributed by atoms with van der Waals surface area (Å²) in [5.41, 5.74) is 1.98. The number of benzene rings is 2. The minimum absolute atomic E-state index is 0.0642. The third-order valence-electron chi connectivity index (χ3n) is 4.40. The molecule has 1 fully saturated rings. The number of hydrogen-bond acceptors (Lipinski definition) is 4. The highest BCUT2D eigenvalue weighted by molar-refractivity contribution is 9.10. The Balaban J connectivity index is 1.44. The van der Waals surface area contributed by atoms with Crippen LogP contribution >= 0.6 is 27.7 Å². The van der Waals surface area contributed by atoms with Gasteiger partial charge in [0.1, 0.15) is 5.03 Å². The molecule has 0 radical (unpaired) electrons. The average molecular weight is 468 g/mol. The van der Waals surface area contributed by atoms with Crippen molar-refractivity contribution in [3.63, 3.8) is 0 Å². The van der Waals surface area contributed by atoms with Crippen molar-refractivity contribution in [3.8, 4) is 0 Å². The molecule has 1 aliphatic carbocycles. The lowest BCUT2D eigenvalue weighted by Gasteiger charge is -2.10. The molecular weight excluding hydrogens is 450 g/mol. The van der Waals surface area contributed by atoms with Crippen LogP contribution in [0, 0.1) is 5.92 Å². The number of pyridine rings is 1. The first kappa shape index (κ1) is 19.7. The van der Waals surface area contributed by atoms with E-state index in [0.29, 0.717) is 11.3 Å². The molecule has 2 aromatic carbocycles. The second kappa shape index (κ2) is 8.80. The van der Waals surface area contributed by atoms with Gasteiger partial charge in [0.05, 0.1) is 5.56 Å². The van der Waals surface area contributed by atoms with Gasteiger partial charge in [-0.3, -0.25) is 9.59 Å². The van der Waals surface area contributed by atoms with Gasteiger partial charge in [-0.25, -0.2) is 4.98 Å². The average Bonchev–Trinajstić information content (AvgIpc) is 3.57. The lowest BCUT2D eigenvalue weighted by molar-refractivity contribution is -0.117. The number of nitrogens with zero attached hydrogens (tertiary/aromatic N) is 1. The van der Waals surface area contributed by atoms with Gasteiger partial charge in [-0.2, -0.15) is 0 Å². The molecule has 2 N–H and O–H groups in total. The van der Waals surface area contributed by atoms with Crippen LogP contribution in [-0.2, 0) is 4.79 Å². The van der Waals surface area contributed by atoms with E-state index in [9.17, 15) is 9.59 Å². The topological polar surface area (TPSA) is 71.1 Å². The Hall–Kier alpha value is -2.64. The fraction of sp³-hybridized carbons (Fsp3) is 0.136. The molecule has 5 nitrogen and oxygen atoms in total. The molecule has 29 heavy (non-hydrogen) atoms. The minimum atomic E-state index is -0.194. The first-order valence-corrected chi connectivity index (χ1v) is 10.8. The van der Waals surface area contributed by atoms with Gasteiger partial charge in [-0.1, -0.05) is 23.9 Å². The summed E-state index contributed by atoms with van der Waals surface area (Å²) in [6.07, 6.45) is 3.66. The third kappa shape index (κ3) is 5.25. The van der Waals surface area contributed by atoms with Gasteiger partial charge in [0.2, 0.25) is 5.91 Å². The summed E-state index contributed by atoms with van der Waals surface area (Å²) in [6, 6.07) is 18.4. The van der Waals surface area contributed by atoms with Gasteiger partial charge >= 0.3 is 0 Å². The predicted molar refractivity (Wildman–Crippen MR) is 118 cm³/mol. The first-order valence-electron chi connectivity index (χ1n) is 9.19. The van der Waals surface area contributed by atoms with Crippen LogP contribution < -0.4 is 10.6 Å². The summed E-state index contributed by atoms with van der Waals surface area (Å²) in [6.45, 7) is 0. The number of amides is 2. The summed E-state index contributed by atoms with van der Waals surface area (Å²) in [4.78, 5) is 29.8. The Labute approximate surface area is 181 Å². The lowest BCUT2D eigenvalue weighted by atomic mass is 10.2. The third-order valence-corrected chi connectivity index (χ3v) is 5.90. The maximum atomic E-state index is 12.8. The zero-order chi connectivity index (χ0) is 20.2. The van der Waals surface area contributed by atoms with Crippen molar-refractivity contribution in [2.24, 2.45) is 5.92 Å². The molecule has 0 unspecified atom stereocenters. The first-order chi connectivity index (χ1) is 14.1. The SMILES string of the molecule is O=C(Nc1ccc(NC(=O)C2CC2)cc1)c1ccccc1Sc1ccc(Br)cn1. The molecule has 1 heterocycles. The summed E-state index contributed by atoms with van der Waals surface area (Å²) >= 11 is 4.81. The normalized spacial score (nSPS) is 13.0. The van der Waals surface area contributed by atoms with Gasteiger partial charge in [0.25, 0.3) is 5.91 Å². The molecule has 1 aromatic heterocycles. The molecule has 0 atom stereocenters. The molecule has 0 spiro atoms. The van der Waals surface area contributed by atoms with E-state index in [4.69, 9.17) is 0 Å². The van der Waals surface area contributed by atoms with E-state index in [1.807, 2.05) is 30.3 Å². The molecule has 146 valence electrons. The zero-order valence-electron chi connectivity index (χ0n) is 15.4. The summed E-state index contributed by atoms with van der Waals surface area (Å²) in [5.74, 6) is 0.0258. The van der Waals surface area contributed by atoms with Gasteiger partial charge in [-0.15, -0.1) is 0 Å². The number of carbonyl (C=O) groups is 2. The van der Waals surface area contributed by atoms with Crippen LogP contribution in [0.5, 0.6) is 0 Å². The molecule has 7 heteroatoms. The second-order valence-corrected chi connectivity index (χ2v) is 8.69. The van der Waals surface area contributed by atoms with Crippen LogP contribution in [0.15, 0.2) is 81.3 Å². The molecule has 1 saturated carbocycles. The predicted octanol–water partition coefficient (Wildman–Crippen LogP) is 5.60. The monoisotopic (exact) mass is 467 g/mol. The lowest BCUT2D eigenvalue weighted by Crippen LogP contribution is -2.14. The van der Waals surface area contributed by atoms with Crippen molar-refractivity contribution in [3.05, 3.63) is 76.9 Å². The fourth-order valence-electron chi connectivity index (χ4n) is 2.70. The standard InChI is InChI=1S/C22H18BrN3O2S/c23-15-7-12-20(24-13-15)29-19-4-2-1-3-18(19)22(28)26-17-10-8-16(9-11-17)25-21(27)14-5-6-14/h1-4,7-14H,5-6H2,(H,25,27)(H,26,28). The maximum absolute atomic E-state index is 12.8. The Morgan fingerprint density at radius 1 is 0.931 bits per heavy atom. The van der Waals surface area contributed by atoms with Gasteiger partial charge < -0.3 is 10.6 Å². The minimum Gasteiger partial charge on any atom is -0.326 e. The van der Waals surface area contributed by atoms with Gasteiger partial charge in [0, 0.05) is 32.9 Å². The molecule has 3 aromatic rings. The highest BCUT2D eigenvalue weighted by atomic mass is 79.9. The molecule has 0 aliphatic heterocycles. The van der Waals surface area contributed by atoms with E-state index in [2.05, 4.69) is 31.5 Å². The highest BCUT2D eigenvalue weighted by Crippen LogP contribution is 2.31. The molecule has 4 rings (SSSR count). The van der Waals surface area contributed by atoms with E-state index in [-0.39, 0.29) is 17.7 Å². The van der Waals surface area contributed by atoms with E-state index >= 15 is 0 Å². The largest absolute Gasteiger partial charge is 0.326 e. The highest BCUT2D eigenvalue weighted by Gasteiger charge is 2.29. The smallest absolute Gasteiger partial charge is 0.256 e. The van der Waals surface area contributed by atoms with Crippen molar-refractivity contribution in [1.82, 2.24) is 4.98 Å². The molecule has 0 bridgehead atoms. The fourth-order valence-corrected chi connectivity index (χ4v) is 3.82. The molecular formula is C22H18BrN3O2S. The van der Waals surface area contributed by atoms with Gasteiger partial charge in [0.15, 0.2) is 0 Å². The van der Waals surface area contributed by atoms with Crippen LogP contribution in [-0.4, -0.2) is 16.8 Å². The van der Waals surface area contributed by atoms with E-state index < -0.39 is 0 Å². The van der Waals surface area contributed by atoms with E-state index in [0.717, 1.165) is 32.9 Å². The van der Waals surface area contributed by atoms with Crippen molar-refractivity contribution in [2.45, 2.75) is 22.8 Å². The van der Waals surface area contributed by atoms with Crippen LogP contribution in [0.25, 0.3) is 0 Å². The Morgan fingerprint density at radius 3 is 2.28 bits per heavy atom.